The summed E-state index contributed by atoms with van der Waals surface area (Å²) in [6.07, 6.45) is 2.82. The highest BCUT2D eigenvalue weighted by Crippen LogP contribution is 2.24. The Hall–Kier alpha value is -2.28. The molecule has 0 aliphatic carbocycles. The minimum atomic E-state index is 0.0903. The molecule has 0 spiro atoms. The third kappa shape index (κ3) is 3.04. The van der Waals surface area contributed by atoms with Gasteiger partial charge >= 0.3 is 0 Å². The Morgan fingerprint density at radius 2 is 2.20 bits per heavy atom. The Kier molecular flexibility index (Phi) is 4.03. The summed E-state index contributed by atoms with van der Waals surface area (Å²) in [5.74, 6) is 0.805. The number of pyridine rings is 2. The van der Waals surface area contributed by atoms with Gasteiger partial charge in [-0.15, -0.1) is 0 Å². The quantitative estimate of drug-likeness (QED) is 0.660. The molecule has 0 saturated carbocycles. The first-order valence-electron chi connectivity index (χ1n) is 8.15. The maximum absolute atomic E-state index is 12.7. The molecule has 4 rings (SSSR count). The zero-order valence-electron chi connectivity index (χ0n) is 14.0. The van der Waals surface area contributed by atoms with E-state index in [-0.39, 0.29) is 5.91 Å². The van der Waals surface area contributed by atoms with Crippen LogP contribution in [0.1, 0.15) is 28.3 Å². The van der Waals surface area contributed by atoms with Crippen molar-refractivity contribution in [3.63, 3.8) is 0 Å². The molecule has 3 aromatic heterocycles. The van der Waals surface area contributed by atoms with E-state index in [1.54, 1.807) is 6.20 Å². The number of hydrogen-bond donors (Lipinski definition) is 0. The highest BCUT2D eigenvalue weighted by Gasteiger charge is 2.24. The summed E-state index contributed by atoms with van der Waals surface area (Å²) in [6.45, 7) is 4.96. The Bertz CT molecular complexity index is 963. The van der Waals surface area contributed by atoms with Crippen LogP contribution in [0.15, 0.2) is 27.3 Å². The van der Waals surface area contributed by atoms with Gasteiger partial charge in [-0.3, -0.25) is 4.79 Å². The molecule has 1 aliphatic heterocycles. The standard InChI is InChI=1S/C18H17BrN4O2/c1-10-15(11(2)25-22-10)7-17(24)23-4-3-16-13(9-23)5-12-6-14(19)8-20-18(12)21-16/h5-6,8H,3-4,7,9H2,1-2H3. The Morgan fingerprint density at radius 1 is 1.36 bits per heavy atom. The van der Waals surface area contributed by atoms with Crippen molar-refractivity contribution in [3.8, 4) is 0 Å². The molecule has 0 radical (unpaired) electrons. The number of nitrogens with zero attached hydrogens (tertiary/aromatic N) is 4. The highest BCUT2D eigenvalue weighted by molar-refractivity contribution is 9.10. The fourth-order valence-electron chi connectivity index (χ4n) is 3.23. The monoisotopic (exact) mass is 400 g/mol. The molecule has 0 N–H and O–H groups in total. The highest BCUT2D eigenvalue weighted by atomic mass is 79.9. The van der Waals surface area contributed by atoms with Gasteiger partial charge in [0.15, 0.2) is 5.65 Å². The zero-order chi connectivity index (χ0) is 17.6. The molecule has 4 heterocycles. The number of hydrogen-bond acceptors (Lipinski definition) is 5. The lowest BCUT2D eigenvalue weighted by molar-refractivity contribution is -0.131. The first-order chi connectivity index (χ1) is 12.0. The lowest BCUT2D eigenvalue weighted by atomic mass is 10.0. The van der Waals surface area contributed by atoms with Gasteiger partial charge in [-0.25, -0.2) is 9.97 Å². The molecule has 7 heteroatoms. The van der Waals surface area contributed by atoms with Crippen molar-refractivity contribution < 1.29 is 9.32 Å². The molecule has 0 fully saturated rings. The second-order valence-electron chi connectivity index (χ2n) is 6.34. The van der Waals surface area contributed by atoms with Crippen LogP contribution in [-0.4, -0.2) is 32.5 Å². The van der Waals surface area contributed by atoms with Crippen LogP contribution < -0.4 is 0 Å². The van der Waals surface area contributed by atoms with Crippen molar-refractivity contribution in [1.29, 1.82) is 0 Å². The van der Waals surface area contributed by atoms with Crippen molar-refractivity contribution in [2.75, 3.05) is 6.54 Å². The maximum atomic E-state index is 12.7. The average Bonchev–Trinajstić information content (AvgIpc) is 2.91. The fraction of sp³-hybridized carbons (Fsp3) is 0.333. The summed E-state index contributed by atoms with van der Waals surface area (Å²) in [5.41, 5.74) is 4.54. The van der Waals surface area contributed by atoms with Crippen LogP contribution in [0.5, 0.6) is 0 Å². The van der Waals surface area contributed by atoms with Crippen LogP contribution in [0, 0.1) is 13.8 Å². The number of aromatic nitrogens is 3. The maximum Gasteiger partial charge on any atom is 0.227 e. The smallest absolute Gasteiger partial charge is 0.227 e. The summed E-state index contributed by atoms with van der Waals surface area (Å²) in [6, 6.07) is 4.09. The molecule has 0 unspecified atom stereocenters. The van der Waals surface area contributed by atoms with E-state index in [9.17, 15) is 4.79 Å². The van der Waals surface area contributed by atoms with Gasteiger partial charge in [-0.05, 0) is 47.5 Å². The molecule has 0 saturated heterocycles. The van der Waals surface area contributed by atoms with E-state index in [4.69, 9.17) is 4.52 Å². The van der Waals surface area contributed by atoms with Gasteiger partial charge in [0.2, 0.25) is 5.91 Å². The molecule has 0 atom stereocenters. The summed E-state index contributed by atoms with van der Waals surface area (Å²) < 4.78 is 6.08. The van der Waals surface area contributed by atoms with Gasteiger partial charge in [0.1, 0.15) is 5.76 Å². The van der Waals surface area contributed by atoms with Gasteiger partial charge in [0.05, 0.1) is 12.1 Å². The lowest BCUT2D eigenvalue weighted by Gasteiger charge is -2.28. The Morgan fingerprint density at radius 3 is 2.96 bits per heavy atom. The minimum Gasteiger partial charge on any atom is -0.361 e. The number of halogens is 1. The van der Waals surface area contributed by atoms with Crippen LogP contribution in [-0.2, 0) is 24.2 Å². The van der Waals surface area contributed by atoms with Crippen LogP contribution in [0.2, 0.25) is 0 Å². The Labute approximate surface area is 153 Å². The molecular formula is C18H17BrN4O2. The topological polar surface area (TPSA) is 72.1 Å². The van der Waals surface area contributed by atoms with Crippen molar-refractivity contribution in [1.82, 2.24) is 20.0 Å². The van der Waals surface area contributed by atoms with E-state index < -0.39 is 0 Å². The van der Waals surface area contributed by atoms with Crippen molar-refractivity contribution in [2.24, 2.45) is 0 Å². The lowest BCUT2D eigenvalue weighted by Crippen LogP contribution is -2.37. The van der Waals surface area contributed by atoms with Gasteiger partial charge < -0.3 is 9.42 Å². The number of carbonyl (C=O) groups excluding carboxylic acids is 1. The van der Waals surface area contributed by atoms with Crippen molar-refractivity contribution in [3.05, 3.63) is 51.1 Å². The average molecular weight is 401 g/mol. The van der Waals surface area contributed by atoms with Crippen molar-refractivity contribution >= 4 is 32.9 Å². The molecule has 128 valence electrons. The van der Waals surface area contributed by atoms with Crippen LogP contribution >= 0.6 is 15.9 Å². The van der Waals surface area contributed by atoms with Gasteiger partial charge in [0, 0.05) is 46.8 Å². The van der Waals surface area contributed by atoms with Gasteiger partial charge in [0.25, 0.3) is 0 Å². The van der Waals surface area contributed by atoms with Crippen molar-refractivity contribution in [2.45, 2.75) is 33.2 Å². The second-order valence-corrected chi connectivity index (χ2v) is 7.25. The number of rotatable bonds is 2. The summed E-state index contributed by atoms with van der Waals surface area (Å²) in [4.78, 5) is 23.6. The van der Waals surface area contributed by atoms with Gasteiger partial charge in [-0.1, -0.05) is 5.16 Å². The number of amides is 1. The molecule has 0 bridgehead atoms. The summed E-state index contributed by atoms with van der Waals surface area (Å²) >= 11 is 3.44. The normalized spacial score (nSPS) is 14.0. The Balaban J connectivity index is 1.58. The van der Waals surface area contributed by atoms with Crippen LogP contribution in [0.3, 0.4) is 0 Å². The minimum absolute atomic E-state index is 0.0903. The number of aryl methyl sites for hydroxylation is 2. The first-order valence-corrected chi connectivity index (χ1v) is 8.94. The second kappa shape index (κ2) is 6.22. The third-order valence-electron chi connectivity index (χ3n) is 4.64. The van der Waals surface area contributed by atoms with E-state index in [1.807, 2.05) is 24.8 Å². The van der Waals surface area contributed by atoms with E-state index >= 15 is 0 Å². The fourth-order valence-corrected chi connectivity index (χ4v) is 3.58. The predicted octanol–water partition coefficient (Wildman–Crippen LogP) is 3.12. The molecule has 25 heavy (non-hydrogen) atoms. The number of carbonyl (C=O) groups is 1. The molecule has 1 aliphatic rings. The predicted molar refractivity (Wildman–Crippen MR) is 96.0 cm³/mol. The van der Waals surface area contributed by atoms with E-state index in [2.05, 4.69) is 37.1 Å². The largest absolute Gasteiger partial charge is 0.361 e. The molecule has 1 amide bonds. The third-order valence-corrected chi connectivity index (χ3v) is 5.08. The zero-order valence-corrected chi connectivity index (χ0v) is 15.6. The van der Waals surface area contributed by atoms with E-state index in [0.717, 1.165) is 44.4 Å². The van der Waals surface area contributed by atoms with Crippen LogP contribution in [0.4, 0.5) is 0 Å². The van der Waals surface area contributed by atoms with E-state index in [1.165, 1.54) is 0 Å². The van der Waals surface area contributed by atoms with Gasteiger partial charge in [-0.2, -0.15) is 0 Å². The SMILES string of the molecule is Cc1noc(C)c1CC(=O)N1CCc2nc3ncc(Br)cc3cc2C1. The molecule has 0 aromatic carbocycles. The molecule has 3 aromatic rings. The molecular weight excluding hydrogens is 384 g/mol. The van der Waals surface area contributed by atoms with Crippen LogP contribution in [0.25, 0.3) is 11.0 Å². The first kappa shape index (κ1) is 16.2. The van der Waals surface area contributed by atoms with E-state index in [0.29, 0.717) is 25.3 Å². The molecule has 6 nitrogen and oxygen atoms in total. The summed E-state index contributed by atoms with van der Waals surface area (Å²) in [7, 11) is 0. The summed E-state index contributed by atoms with van der Waals surface area (Å²) in [5, 5.41) is 4.91. The number of fused-ring (bicyclic) bond motifs is 2.